The minimum atomic E-state index is 0.288. The van der Waals surface area contributed by atoms with Crippen LogP contribution in [0.4, 0.5) is 0 Å². The number of aromatic amines is 1. The van der Waals surface area contributed by atoms with Crippen LogP contribution in [0.1, 0.15) is 63.0 Å². The summed E-state index contributed by atoms with van der Waals surface area (Å²) in [6.07, 6.45) is 12.6. The Bertz CT molecular complexity index is 706. The highest BCUT2D eigenvalue weighted by Gasteiger charge is 2.28. The van der Waals surface area contributed by atoms with Crippen molar-refractivity contribution in [3.8, 4) is 0 Å². The molecule has 0 spiro atoms. The summed E-state index contributed by atoms with van der Waals surface area (Å²) < 4.78 is 0. The van der Waals surface area contributed by atoms with Gasteiger partial charge in [-0.15, -0.1) is 0 Å². The van der Waals surface area contributed by atoms with Gasteiger partial charge >= 0.3 is 0 Å². The molecule has 0 unspecified atom stereocenters. The second kappa shape index (κ2) is 6.87. The van der Waals surface area contributed by atoms with E-state index >= 15 is 0 Å². The maximum absolute atomic E-state index is 12.6. The highest BCUT2D eigenvalue weighted by molar-refractivity contribution is 5.77. The third-order valence-corrected chi connectivity index (χ3v) is 5.64. The van der Waals surface area contributed by atoms with Gasteiger partial charge in [-0.1, -0.05) is 25.7 Å². The van der Waals surface area contributed by atoms with Crippen LogP contribution in [0.15, 0.2) is 12.4 Å². The van der Waals surface area contributed by atoms with Gasteiger partial charge in [0.15, 0.2) is 5.65 Å². The fourth-order valence-electron chi connectivity index (χ4n) is 4.28. The van der Waals surface area contributed by atoms with E-state index in [-0.39, 0.29) is 5.92 Å². The zero-order chi connectivity index (χ0) is 16.4. The maximum atomic E-state index is 12.6. The smallest absolute Gasteiger partial charge is 0.222 e. The minimum absolute atomic E-state index is 0.288. The zero-order valence-corrected chi connectivity index (χ0v) is 14.1. The number of hydrogen-bond acceptors (Lipinski definition) is 4. The van der Waals surface area contributed by atoms with Gasteiger partial charge in [-0.05, 0) is 25.2 Å². The van der Waals surface area contributed by atoms with Crippen molar-refractivity contribution >= 4 is 17.1 Å². The summed E-state index contributed by atoms with van der Waals surface area (Å²) in [6.45, 7) is 1.66. The van der Waals surface area contributed by atoms with Crippen molar-refractivity contribution in [2.24, 2.45) is 5.92 Å². The number of carbonyl (C=O) groups excluding carboxylic acids is 1. The molecule has 2 fully saturated rings. The predicted molar refractivity (Wildman–Crippen MR) is 91.4 cm³/mol. The third-order valence-electron chi connectivity index (χ3n) is 5.64. The molecule has 1 saturated carbocycles. The number of aromatic nitrogens is 4. The quantitative estimate of drug-likeness (QED) is 0.936. The van der Waals surface area contributed by atoms with Gasteiger partial charge in [-0.3, -0.25) is 9.89 Å². The lowest BCUT2D eigenvalue weighted by Gasteiger charge is -2.32. The molecule has 1 saturated heterocycles. The average molecular weight is 327 g/mol. The number of H-pyrrole nitrogens is 1. The molecular weight excluding hydrogens is 302 g/mol. The van der Waals surface area contributed by atoms with Crippen LogP contribution in [0.3, 0.4) is 0 Å². The van der Waals surface area contributed by atoms with Gasteiger partial charge in [-0.2, -0.15) is 5.10 Å². The van der Waals surface area contributed by atoms with Crippen LogP contribution >= 0.6 is 0 Å². The number of amides is 1. The van der Waals surface area contributed by atoms with Crippen LogP contribution in [0.2, 0.25) is 0 Å². The summed E-state index contributed by atoms with van der Waals surface area (Å²) in [5.41, 5.74) is 2.55. The molecular formula is C18H25N5O. The lowest BCUT2D eigenvalue weighted by Crippen LogP contribution is -2.39. The first-order chi connectivity index (χ1) is 11.8. The van der Waals surface area contributed by atoms with Crippen LogP contribution in [0, 0.1) is 5.92 Å². The van der Waals surface area contributed by atoms with E-state index in [2.05, 4.69) is 20.2 Å². The lowest BCUT2D eigenvalue weighted by atomic mass is 9.93. The number of hydrogen-bond donors (Lipinski definition) is 1. The molecule has 4 rings (SSSR count). The Morgan fingerprint density at radius 3 is 2.88 bits per heavy atom. The minimum Gasteiger partial charge on any atom is -0.342 e. The van der Waals surface area contributed by atoms with Crippen molar-refractivity contribution < 1.29 is 4.79 Å². The molecule has 24 heavy (non-hydrogen) atoms. The molecule has 6 nitrogen and oxygen atoms in total. The molecule has 2 aliphatic rings. The van der Waals surface area contributed by atoms with Gasteiger partial charge in [-0.25, -0.2) is 9.97 Å². The summed E-state index contributed by atoms with van der Waals surface area (Å²) >= 11 is 0. The summed E-state index contributed by atoms with van der Waals surface area (Å²) in [7, 11) is 0. The van der Waals surface area contributed by atoms with Crippen molar-refractivity contribution in [1.29, 1.82) is 0 Å². The van der Waals surface area contributed by atoms with Gasteiger partial charge in [0, 0.05) is 37.8 Å². The fraction of sp³-hybridized carbons (Fsp3) is 0.667. The van der Waals surface area contributed by atoms with Crippen molar-refractivity contribution in [2.45, 2.75) is 57.3 Å². The Morgan fingerprint density at radius 2 is 2.00 bits per heavy atom. The summed E-state index contributed by atoms with van der Waals surface area (Å²) in [4.78, 5) is 23.3. The summed E-state index contributed by atoms with van der Waals surface area (Å²) in [5, 5.41) is 7.36. The van der Waals surface area contributed by atoms with E-state index in [0.717, 1.165) is 49.5 Å². The van der Waals surface area contributed by atoms with Crippen molar-refractivity contribution in [3.63, 3.8) is 0 Å². The Balaban J connectivity index is 1.40. The Labute approximate surface area is 142 Å². The molecule has 6 heteroatoms. The standard InChI is InChI=1S/C18H25N5O/c24-15(8-7-13-4-1-2-5-13)23-11-3-6-14(12-23)16-17-18(22-21-16)20-10-9-19-17/h9-10,13-14H,1-8,11-12H2,(H,20,21,22)/t14-/m1/s1. The van der Waals surface area contributed by atoms with Crippen molar-refractivity contribution in [3.05, 3.63) is 18.1 Å². The molecule has 2 aromatic rings. The van der Waals surface area contributed by atoms with Crippen LogP contribution in [0.25, 0.3) is 11.2 Å². The van der Waals surface area contributed by atoms with E-state index < -0.39 is 0 Å². The number of nitrogens with one attached hydrogen (secondary N) is 1. The molecule has 2 aromatic heterocycles. The lowest BCUT2D eigenvalue weighted by molar-refractivity contribution is -0.132. The molecule has 0 radical (unpaired) electrons. The molecule has 1 N–H and O–H groups in total. The van der Waals surface area contributed by atoms with Crippen LogP contribution < -0.4 is 0 Å². The molecule has 3 heterocycles. The second-order valence-electron chi connectivity index (χ2n) is 7.23. The Kier molecular flexibility index (Phi) is 4.45. The molecule has 1 aliphatic carbocycles. The molecule has 1 atom stereocenters. The van der Waals surface area contributed by atoms with Gasteiger partial charge < -0.3 is 4.90 Å². The molecule has 0 aromatic carbocycles. The molecule has 0 bridgehead atoms. The van der Waals surface area contributed by atoms with E-state index in [0.29, 0.717) is 18.0 Å². The number of likely N-dealkylation sites (tertiary alicyclic amines) is 1. The molecule has 128 valence electrons. The number of rotatable bonds is 4. The number of piperidine rings is 1. The zero-order valence-electron chi connectivity index (χ0n) is 14.1. The monoisotopic (exact) mass is 327 g/mol. The summed E-state index contributed by atoms with van der Waals surface area (Å²) in [6, 6.07) is 0. The van der Waals surface area contributed by atoms with Crippen LogP contribution in [0.5, 0.6) is 0 Å². The van der Waals surface area contributed by atoms with Crippen molar-refractivity contribution in [1.82, 2.24) is 25.1 Å². The molecule has 1 amide bonds. The normalized spacial score (nSPS) is 22.3. The van der Waals surface area contributed by atoms with Crippen LogP contribution in [-0.4, -0.2) is 44.1 Å². The first-order valence-corrected chi connectivity index (χ1v) is 9.24. The van der Waals surface area contributed by atoms with E-state index in [1.54, 1.807) is 12.4 Å². The topological polar surface area (TPSA) is 74.8 Å². The third kappa shape index (κ3) is 3.14. The van der Waals surface area contributed by atoms with Gasteiger partial charge in [0.2, 0.25) is 5.91 Å². The highest BCUT2D eigenvalue weighted by Crippen LogP contribution is 2.31. The maximum Gasteiger partial charge on any atom is 0.222 e. The average Bonchev–Trinajstić information content (AvgIpc) is 3.29. The van der Waals surface area contributed by atoms with Gasteiger partial charge in [0.05, 0.1) is 5.69 Å². The number of nitrogens with zero attached hydrogens (tertiary/aromatic N) is 4. The van der Waals surface area contributed by atoms with Crippen molar-refractivity contribution in [2.75, 3.05) is 13.1 Å². The van der Waals surface area contributed by atoms with Crippen LogP contribution in [-0.2, 0) is 4.79 Å². The highest BCUT2D eigenvalue weighted by atomic mass is 16.2. The largest absolute Gasteiger partial charge is 0.342 e. The Hall–Kier alpha value is -1.98. The Morgan fingerprint density at radius 1 is 1.17 bits per heavy atom. The van der Waals surface area contributed by atoms with E-state index in [1.807, 2.05) is 4.90 Å². The van der Waals surface area contributed by atoms with Gasteiger partial charge in [0.25, 0.3) is 0 Å². The first-order valence-electron chi connectivity index (χ1n) is 9.24. The SMILES string of the molecule is O=C(CCC1CCCC1)N1CCC[C@@H](c2[nH]nc3nccnc23)C1. The van der Waals surface area contributed by atoms with Gasteiger partial charge in [0.1, 0.15) is 5.52 Å². The second-order valence-corrected chi connectivity index (χ2v) is 7.23. The summed E-state index contributed by atoms with van der Waals surface area (Å²) in [5.74, 6) is 1.39. The predicted octanol–water partition coefficient (Wildman–Crippen LogP) is 3.03. The first kappa shape index (κ1) is 15.5. The van der Waals surface area contributed by atoms with E-state index in [9.17, 15) is 4.79 Å². The number of fused-ring (bicyclic) bond motifs is 1. The van der Waals surface area contributed by atoms with E-state index in [1.165, 1.54) is 25.7 Å². The number of carbonyl (C=O) groups is 1. The van der Waals surface area contributed by atoms with E-state index in [4.69, 9.17) is 0 Å². The molecule has 1 aliphatic heterocycles. The fourth-order valence-corrected chi connectivity index (χ4v) is 4.28.